The monoisotopic (exact) mass is 226 g/mol. The smallest absolute Gasteiger partial charge is 0.0672 e. The number of ether oxygens (including phenoxy) is 1. The van der Waals surface area contributed by atoms with Crippen molar-refractivity contribution in [2.45, 2.75) is 38.6 Å². The molecule has 0 radical (unpaired) electrons. The lowest BCUT2D eigenvalue weighted by atomic mass is 9.88. The van der Waals surface area contributed by atoms with Crippen molar-refractivity contribution in [2.24, 2.45) is 11.7 Å². The van der Waals surface area contributed by atoms with Gasteiger partial charge < -0.3 is 15.8 Å². The molecule has 0 amide bonds. The van der Waals surface area contributed by atoms with Crippen LogP contribution in [0.4, 0.5) is 0 Å². The van der Waals surface area contributed by atoms with Gasteiger partial charge in [0, 0.05) is 18.6 Å². The Morgan fingerprint density at radius 1 is 1.62 bits per heavy atom. The third-order valence-corrected chi connectivity index (χ3v) is 3.64. The van der Waals surface area contributed by atoms with Crippen molar-refractivity contribution >= 4 is 0 Å². The van der Waals surface area contributed by atoms with Crippen LogP contribution in [-0.2, 0) is 4.74 Å². The molecule has 16 heavy (non-hydrogen) atoms. The fourth-order valence-corrected chi connectivity index (χ4v) is 2.50. The van der Waals surface area contributed by atoms with Crippen LogP contribution in [0.25, 0.3) is 0 Å². The predicted molar refractivity (Wildman–Crippen MR) is 68.4 cm³/mol. The molecule has 0 heterocycles. The summed E-state index contributed by atoms with van der Waals surface area (Å²) in [4.78, 5) is 0. The average molecular weight is 226 g/mol. The van der Waals surface area contributed by atoms with E-state index in [9.17, 15) is 0 Å². The lowest BCUT2D eigenvalue weighted by molar-refractivity contribution is 0.142. The molecule has 1 aliphatic carbocycles. The van der Waals surface area contributed by atoms with Crippen molar-refractivity contribution in [1.29, 1.82) is 0 Å². The Morgan fingerprint density at radius 3 is 2.88 bits per heavy atom. The van der Waals surface area contributed by atoms with Crippen molar-refractivity contribution in [3.8, 4) is 0 Å². The molecule has 1 fully saturated rings. The van der Waals surface area contributed by atoms with E-state index in [1.807, 2.05) is 6.92 Å². The Bertz CT molecular complexity index is 230. The predicted octanol–water partition coefficient (Wildman–Crippen LogP) is 1.69. The number of nitrogens with two attached hydrogens (primary N) is 1. The van der Waals surface area contributed by atoms with Gasteiger partial charge in [-0.05, 0) is 25.7 Å². The molecule has 0 aromatic carbocycles. The highest BCUT2D eigenvalue weighted by molar-refractivity contribution is 4.98. The van der Waals surface area contributed by atoms with Crippen LogP contribution in [0.15, 0.2) is 12.2 Å². The maximum atomic E-state index is 5.90. The van der Waals surface area contributed by atoms with Crippen LogP contribution < -0.4 is 11.1 Å². The summed E-state index contributed by atoms with van der Waals surface area (Å²) in [7, 11) is 0. The minimum absolute atomic E-state index is 0.159. The second kappa shape index (κ2) is 6.38. The van der Waals surface area contributed by atoms with Gasteiger partial charge in [-0.25, -0.2) is 0 Å². The van der Waals surface area contributed by atoms with Gasteiger partial charge in [-0.1, -0.05) is 25.5 Å². The first-order valence-corrected chi connectivity index (χ1v) is 6.28. The second-order valence-corrected chi connectivity index (χ2v) is 5.09. The van der Waals surface area contributed by atoms with Crippen LogP contribution in [-0.4, -0.2) is 31.8 Å². The van der Waals surface area contributed by atoms with Crippen molar-refractivity contribution < 1.29 is 4.74 Å². The zero-order chi connectivity index (χ0) is 12.0. The minimum atomic E-state index is 0.159. The standard InChI is InChI=1S/C13H26N2O/c1-11(2)9-16-8-7-15-13(10-14)6-4-5-12(13)3/h12,15H,1,4-10,14H2,2-3H3. The first-order chi connectivity index (χ1) is 7.60. The zero-order valence-electron chi connectivity index (χ0n) is 10.7. The molecule has 2 atom stereocenters. The maximum absolute atomic E-state index is 5.90. The number of hydrogen-bond donors (Lipinski definition) is 2. The molecule has 3 nitrogen and oxygen atoms in total. The lowest BCUT2D eigenvalue weighted by Gasteiger charge is -2.34. The highest BCUT2D eigenvalue weighted by atomic mass is 16.5. The molecule has 94 valence electrons. The third kappa shape index (κ3) is 3.58. The number of nitrogens with one attached hydrogen (secondary N) is 1. The largest absolute Gasteiger partial charge is 0.376 e. The molecular weight excluding hydrogens is 200 g/mol. The molecule has 1 rings (SSSR count). The minimum Gasteiger partial charge on any atom is -0.376 e. The summed E-state index contributed by atoms with van der Waals surface area (Å²) in [6.45, 7) is 11.1. The normalized spacial score (nSPS) is 29.6. The highest BCUT2D eigenvalue weighted by Crippen LogP contribution is 2.34. The van der Waals surface area contributed by atoms with E-state index in [0.29, 0.717) is 12.5 Å². The molecular formula is C13H26N2O. The fourth-order valence-electron chi connectivity index (χ4n) is 2.50. The summed E-state index contributed by atoms with van der Waals surface area (Å²) in [5, 5.41) is 3.59. The van der Waals surface area contributed by atoms with E-state index in [1.165, 1.54) is 19.3 Å². The molecule has 0 bridgehead atoms. The fraction of sp³-hybridized carbons (Fsp3) is 0.846. The van der Waals surface area contributed by atoms with Crippen molar-refractivity contribution in [3.05, 3.63) is 12.2 Å². The second-order valence-electron chi connectivity index (χ2n) is 5.09. The van der Waals surface area contributed by atoms with Crippen molar-refractivity contribution in [3.63, 3.8) is 0 Å². The maximum Gasteiger partial charge on any atom is 0.0672 e. The molecule has 0 aliphatic heterocycles. The van der Waals surface area contributed by atoms with Gasteiger partial charge in [-0.3, -0.25) is 0 Å². The first-order valence-electron chi connectivity index (χ1n) is 6.28. The van der Waals surface area contributed by atoms with E-state index in [1.54, 1.807) is 0 Å². The van der Waals surface area contributed by atoms with Crippen LogP contribution in [0.1, 0.15) is 33.1 Å². The van der Waals surface area contributed by atoms with E-state index in [0.717, 1.165) is 25.3 Å². The Hall–Kier alpha value is -0.380. The van der Waals surface area contributed by atoms with E-state index in [2.05, 4.69) is 18.8 Å². The summed E-state index contributed by atoms with van der Waals surface area (Å²) in [6.07, 6.45) is 3.78. The Balaban J connectivity index is 2.22. The average Bonchev–Trinajstić information content (AvgIpc) is 2.60. The summed E-state index contributed by atoms with van der Waals surface area (Å²) >= 11 is 0. The Kier molecular flexibility index (Phi) is 5.46. The Labute approximate surface area is 99.4 Å². The molecule has 0 aromatic heterocycles. The molecule has 2 unspecified atom stereocenters. The SMILES string of the molecule is C=C(C)COCCNC1(CN)CCCC1C. The topological polar surface area (TPSA) is 47.3 Å². The van der Waals surface area contributed by atoms with Crippen molar-refractivity contribution in [1.82, 2.24) is 5.32 Å². The number of hydrogen-bond acceptors (Lipinski definition) is 3. The van der Waals surface area contributed by atoms with Gasteiger partial charge >= 0.3 is 0 Å². The van der Waals surface area contributed by atoms with Crippen LogP contribution in [0.2, 0.25) is 0 Å². The molecule has 0 saturated heterocycles. The van der Waals surface area contributed by atoms with E-state index in [-0.39, 0.29) is 5.54 Å². The molecule has 1 saturated carbocycles. The third-order valence-electron chi connectivity index (χ3n) is 3.64. The van der Waals surface area contributed by atoms with E-state index in [4.69, 9.17) is 10.5 Å². The van der Waals surface area contributed by atoms with E-state index < -0.39 is 0 Å². The van der Waals surface area contributed by atoms with Gasteiger partial charge in [0.2, 0.25) is 0 Å². The van der Waals surface area contributed by atoms with Gasteiger partial charge in [0.25, 0.3) is 0 Å². The summed E-state index contributed by atoms with van der Waals surface area (Å²) in [5.41, 5.74) is 7.14. The molecule has 0 spiro atoms. The van der Waals surface area contributed by atoms with Crippen molar-refractivity contribution in [2.75, 3.05) is 26.3 Å². The quantitative estimate of drug-likeness (QED) is 0.513. The van der Waals surface area contributed by atoms with E-state index >= 15 is 0 Å². The lowest BCUT2D eigenvalue weighted by Crippen LogP contribution is -2.54. The summed E-state index contributed by atoms with van der Waals surface area (Å²) in [6, 6.07) is 0. The van der Waals surface area contributed by atoms with Crippen LogP contribution in [0.3, 0.4) is 0 Å². The molecule has 3 N–H and O–H groups in total. The van der Waals surface area contributed by atoms with Crippen LogP contribution in [0, 0.1) is 5.92 Å². The van der Waals surface area contributed by atoms with Gasteiger partial charge in [0.05, 0.1) is 13.2 Å². The van der Waals surface area contributed by atoms with Gasteiger partial charge in [0.1, 0.15) is 0 Å². The highest BCUT2D eigenvalue weighted by Gasteiger charge is 2.38. The van der Waals surface area contributed by atoms with Crippen LogP contribution >= 0.6 is 0 Å². The Morgan fingerprint density at radius 2 is 2.38 bits per heavy atom. The summed E-state index contributed by atoms with van der Waals surface area (Å²) in [5.74, 6) is 0.679. The summed E-state index contributed by atoms with van der Waals surface area (Å²) < 4.78 is 5.48. The molecule has 0 aromatic rings. The zero-order valence-corrected chi connectivity index (χ0v) is 10.7. The molecule has 3 heteroatoms. The van der Waals surface area contributed by atoms with Gasteiger partial charge in [-0.15, -0.1) is 0 Å². The van der Waals surface area contributed by atoms with Gasteiger partial charge in [-0.2, -0.15) is 0 Å². The number of rotatable bonds is 7. The van der Waals surface area contributed by atoms with Gasteiger partial charge in [0.15, 0.2) is 0 Å². The van der Waals surface area contributed by atoms with Crippen LogP contribution in [0.5, 0.6) is 0 Å². The first kappa shape index (κ1) is 13.7. The molecule has 1 aliphatic rings.